The zero-order valence-corrected chi connectivity index (χ0v) is 15.2. The third kappa shape index (κ3) is 3.71. The lowest BCUT2D eigenvalue weighted by Crippen LogP contribution is -2.62. The number of nitrogens with zero attached hydrogens (tertiary/aromatic N) is 2. The van der Waals surface area contributed by atoms with Crippen molar-refractivity contribution < 1.29 is 14.3 Å². The molecule has 5 nitrogen and oxygen atoms in total. The molecule has 2 fully saturated rings. The van der Waals surface area contributed by atoms with Gasteiger partial charge in [0.15, 0.2) is 0 Å². The third-order valence-electron chi connectivity index (χ3n) is 5.46. The number of benzene rings is 1. The molecule has 1 aliphatic heterocycles. The average Bonchev–Trinajstić information content (AvgIpc) is 3.47. The SMILES string of the molecule is CCC(=O)N(c1ccccc1)C1(C(=O)OC)CCN(CC2CC2)CC1. The van der Waals surface area contributed by atoms with Crippen LogP contribution in [0.15, 0.2) is 30.3 Å². The quantitative estimate of drug-likeness (QED) is 0.745. The minimum absolute atomic E-state index is 0.0350. The number of para-hydroxylation sites is 1. The number of anilines is 1. The minimum atomic E-state index is -0.900. The summed E-state index contributed by atoms with van der Waals surface area (Å²) in [6, 6.07) is 9.52. The first-order valence-electron chi connectivity index (χ1n) is 9.29. The summed E-state index contributed by atoms with van der Waals surface area (Å²) in [4.78, 5) is 29.8. The van der Waals surface area contributed by atoms with Crippen LogP contribution >= 0.6 is 0 Å². The molecule has 1 saturated heterocycles. The lowest BCUT2D eigenvalue weighted by molar-refractivity contribution is -0.151. The van der Waals surface area contributed by atoms with Gasteiger partial charge in [0.2, 0.25) is 5.91 Å². The molecule has 136 valence electrons. The maximum atomic E-state index is 12.8. The molecule has 25 heavy (non-hydrogen) atoms. The second-order valence-electron chi connectivity index (χ2n) is 7.19. The normalized spacial score (nSPS) is 20.1. The average molecular weight is 344 g/mol. The molecule has 0 N–H and O–H groups in total. The van der Waals surface area contributed by atoms with Gasteiger partial charge in [-0.2, -0.15) is 0 Å². The van der Waals surface area contributed by atoms with E-state index >= 15 is 0 Å². The van der Waals surface area contributed by atoms with Gasteiger partial charge in [-0.3, -0.25) is 9.69 Å². The third-order valence-corrected chi connectivity index (χ3v) is 5.46. The van der Waals surface area contributed by atoms with Gasteiger partial charge >= 0.3 is 5.97 Å². The van der Waals surface area contributed by atoms with Crippen molar-refractivity contribution in [1.29, 1.82) is 0 Å². The van der Waals surface area contributed by atoms with E-state index < -0.39 is 5.54 Å². The molecule has 3 rings (SSSR count). The molecule has 1 saturated carbocycles. The molecule has 1 aromatic carbocycles. The highest BCUT2D eigenvalue weighted by molar-refractivity contribution is 6.02. The molecule has 1 aliphatic carbocycles. The van der Waals surface area contributed by atoms with Crippen molar-refractivity contribution in [3.63, 3.8) is 0 Å². The summed E-state index contributed by atoms with van der Waals surface area (Å²) in [6.07, 6.45) is 4.24. The molecular weight excluding hydrogens is 316 g/mol. The molecular formula is C20H28N2O3. The topological polar surface area (TPSA) is 49.9 Å². The number of methoxy groups -OCH3 is 1. The second kappa shape index (κ2) is 7.56. The number of hydrogen-bond donors (Lipinski definition) is 0. The van der Waals surface area contributed by atoms with Crippen LogP contribution in [-0.4, -0.2) is 49.1 Å². The fraction of sp³-hybridized carbons (Fsp3) is 0.600. The van der Waals surface area contributed by atoms with Gasteiger partial charge in [-0.1, -0.05) is 25.1 Å². The smallest absolute Gasteiger partial charge is 0.332 e. The van der Waals surface area contributed by atoms with Gasteiger partial charge in [-0.15, -0.1) is 0 Å². The van der Waals surface area contributed by atoms with Crippen molar-refractivity contribution >= 4 is 17.6 Å². The van der Waals surface area contributed by atoms with E-state index in [0.29, 0.717) is 19.3 Å². The zero-order valence-electron chi connectivity index (χ0n) is 15.2. The highest BCUT2D eigenvalue weighted by atomic mass is 16.5. The predicted molar refractivity (Wildman–Crippen MR) is 97.4 cm³/mol. The number of amides is 1. The van der Waals surface area contributed by atoms with Gasteiger partial charge in [0.05, 0.1) is 7.11 Å². The van der Waals surface area contributed by atoms with Crippen molar-refractivity contribution in [2.45, 2.75) is 44.6 Å². The Kier molecular flexibility index (Phi) is 5.42. The molecule has 1 heterocycles. The monoisotopic (exact) mass is 344 g/mol. The van der Waals surface area contributed by atoms with Gasteiger partial charge in [0, 0.05) is 31.7 Å². The van der Waals surface area contributed by atoms with E-state index in [-0.39, 0.29) is 11.9 Å². The molecule has 1 amide bonds. The van der Waals surface area contributed by atoms with Crippen molar-refractivity contribution in [3.05, 3.63) is 30.3 Å². The molecule has 0 unspecified atom stereocenters. The Balaban J connectivity index is 1.89. The Morgan fingerprint density at radius 2 is 1.84 bits per heavy atom. The number of piperidine rings is 1. The van der Waals surface area contributed by atoms with Crippen LogP contribution in [0.5, 0.6) is 0 Å². The summed E-state index contributed by atoms with van der Waals surface area (Å²) in [5.74, 6) is 0.490. The van der Waals surface area contributed by atoms with E-state index in [1.54, 1.807) is 4.90 Å². The van der Waals surface area contributed by atoms with Crippen LogP contribution in [0.1, 0.15) is 39.0 Å². The lowest BCUT2D eigenvalue weighted by Gasteiger charge is -2.46. The molecule has 2 aliphatic rings. The molecule has 0 bridgehead atoms. The molecule has 0 aromatic heterocycles. The standard InChI is InChI=1S/C20H28N2O3/c1-3-18(23)22(17-7-5-4-6-8-17)20(19(24)25-2)11-13-21(14-12-20)15-16-9-10-16/h4-8,16H,3,9-15H2,1-2H3. The second-order valence-corrected chi connectivity index (χ2v) is 7.19. The molecule has 0 atom stereocenters. The Bertz CT molecular complexity index is 605. The zero-order chi connectivity index (χ0) is 17.9. The highest BCUT2D eigenvalue weighted by Crippen LogP contribution is 2.37. The van der Waals surface area contributed by atoms with Crippen LogP contribution < -0.4 is 4.90 Å². The minimum Gasteiger partial charge on any atom is -0.467 e. The summed E-state index contributed by atoms with van der Waals surface area (Å²) in [7, 11) is 1.42. The van der Waals surface area contributed by atoms with Crippen molar-refractivity contribution in [1.82, 2.24) is 4.90 Å². The summed E-state index contributed by atoms with van der Waals surface area (Å²) in [5.41, 5.74) is -0.126. The number of hydrogen-bond acceptors (Lipinski definition) is 4. The van der Waals surface area contributed by atoms with E-state index in [9.17, 15) is 9.59 Å². The van der Waals surface area contributed by atoms with Crippen LogP contribution in [0.4, 0.5) is 5.69 Å². The fourth-order valence-corrected chi connectivity index (χ4v) is 3.85. The van der Waals surface area contributed by atoms with Gasteiger partial charge in [-0.05, 0) is 43.7 Å². The number of likely N-dealkylation sites (tertiary alicyclic amines) is 1. The first-order valence-corrected chi connectivity index (χ1v) is 9.29. The summed E-state index contributed by atoms with van der Waals surface area (Å²) >= 11 is 0. The maximum Gasteiger partial charge on any atom is 0.332 e. The van der Waals surface area contributed by atoms with Crippen LogP contribution in [0, 0.1) is 5.92 Å². The van der Waals surface area contributed by atoms with Crippen LogP contribution in [0.3, 0.4) is 0 Å². The fourth-order valence-electron chi connectivity index (χ4n) is 3.85. The van der Waals surface area contributed by atoms with Crippen LogP contribution in [0.25, 0.3) is 0 Å². The van der Waals surface area contributed by atoms with Crippen molar-refractivity contribution in [2.75, 3.05) is 31.6 Å². The van der Waals surface area contributed by atoms with Crippen molar-refractivity contribution in [2.24, 2.45) is 5.92 Å². The predicted octanol–water partition coefficient (Wildman–Crippen LogP) is 2.85. The van der Waals surface area contributed by atoms with E-state index in [1.807, 2.05) is 37.3 Å². The highest BCUT2D eigenvalue weighted by Gasteiger charge is 2.50. The molecule has 5 heteroatoms. The Hall–Kier alpha value is -1.88. The summed E-state index contributed by atoms with van der Waals surface area (Å²) in [6.45, 7) is 4.60. The number of rotatable bonds is 6. The first-order chi connectivity index (χ1) is 12.1. The number of carbonyl (C=O) groups is 2. The van der Waals surface area contributed by atoms with Gasteiger partial charge in [-0.25, -0.2) is 4.79 Å². The van der Waals surface area contributed by atoms with Crippen LogP contribution in [0.2, 0.25) is 0 Å². The number of ether oxygens (including phenoxy) is 1. The van der Waals surface area contributed by atoms with Crippen LogP contribution in [-0.2, 0) is 14.3 Å². The largest absolute Gasteiger partial charge is 0.467 e. The molecule has 0 spiro atoms. The number of carbonyl (C=O) groups excluding carboxylic acids is 2. The Morgan fingerprint density at radius 3 is 2.36 bits per heavy atom. The Labute approximate surface area is 149 Å². The van der Waals surface area contributed by atoms with E-state index in [2.05, 4.69) is 4.90 Å². The van der Waals surface area contributed by atoms with Crippen molar-refractivity contribution in [3.8, 4) is 0 Å². The van der Waals surface area contributed by atoms with E-state index in [4.69, 9.17) is 4.74 Å². The summed E-state index contributed by atoms with van der Waals surface area (Å²) < 4.78 is 5.17. The Morgan fingerprint density at radius 1 is 1.20 bits per heavy atom. The maximum absolute atomic E-state index is 12.8. The van der Waals surface area contributed by atoms with E-state index in [0.717, 1.165) is 31.2 Å². The first kappa shape index (κ1) is 17.9. The van der Waals surface area contributed by atoms with E-state index in [1.165, 1.54) is 20.0 Å². The van der Waals surface area contributed by atoms with Gasteiger partial charge < -0.3 is 9.64 Å². The molecule has 1 aromatic rings. The van der Waals surface area contributed by atoms with Gasteiger partial charge in [0.1, 0.15) is 5.54 Å². The summed E-state index contributed by atoms with van der Waals surface area (Å²) in [5, 5.41) is 0. The van der Waals surface area contributed by atoms with Gasteiger partial charge in [0.25, 0.3) is 0 Å². The number of esters is 1. The lowest BCUT2D eigenvalue weighted by atomic mass is 9.84. The molecule has 0 radical (unpaired) electrons.